The number of ether oxygens (including phenoxy) is 2. The number of nitrogens with zero attached hydrogens (tertiary/aromatic N) is 1. The van der Waals surface area contributed by atoms with E-state index in [0.717, 1.165) is 11.1 Å². The molecule has 0 aromatic heterocycles. The molecule has 0 radical (unpaired) electrons. The van der Waals surface area contributed by atoms with Crippen molar-refractivity contribution < 1.29 is 23.9 Å². The summed E-state index contributed by atoms with van der Waals surface area (Å²) in [6.07, 6.45) is 4.42. The molecule has 2 aliphatic rings. The average Bonchev–Trinajstić information content (AvgIpc) is 3.17. The minimum Gasteiger partial charge on any atom is -0.464 e. The van der Waals surface area contributed by atoms with E-state index in [9.17, 15) is 14.4 Å². The Balaban J connectivity index is 2.00. The van der Waals surface area contributed by atoms with Crippen molar-refractivity contribution in [2.24, 2.45) is 0 Å². The lowest BCUT2D eigenvalue weighted by Gasteiger charge is -2.50. The van der Waals surface area contributed by atoms with Gasteiger partial charge in [-0.2, -0.15) is 0 Å². The van der Waals surface area contributed by atoms with Gasteiger partial charge in [0.25, 0.3) is 0 Å². The van der Waals surface area contributed by atoms with Crippen molar-refractivity contribution in [3.8, 4) is 0 Å². The largest absolute Gasteiger partial charge is 0.464 e. The molecular formula is C26H28N2O5. The summed E-state index contributed by atoms with van der Waals surface area (Å²) in [7, 11) is 0. The maximum Gasteiger partial charge on any atom is 0.337 e. The third-order valence-electron chi connectivity index (χ3n) is 6.25. The lowest BCUT2D eigenvalue weighted by molar-refractivity contribution is -0.164. The number of benzene rings is 2. The van der Waals surface area contributed by atoms with Crippen LogP contribution in [0.15, 0.2) is 72.8 Å². The molecule has 7 heteroatoms. The van der Waals surface area contributed by atoms with Gasteiger partial charge in [-0.3, -0.25) is 4.79 Å². The van der Waals surface area contributed by atoms with Gasteiger partial charge in [0.1, 0.15) is 0 Å². The van der Waals surface area contributed by atoms with E-state index >= 15 is 0 Å². The summed E-state index contributed by atoms with van der Waals surface area (Å²) in [4.78, 5) is 40.9. The SMILES string of the molecule is CCCOC(=O)C1NN2CC=CC(c3ccccc3)(c3ccccc3)C2(C(=O)OCC)C1=O. The van der Waals surface area contributed by atoms with Gasteiger partial charge in [0.05, 0.1) is 18.6 Å². The third-order valence-corrected chi connectivity index (χ3v) is 6.25. The molecule has 0 bridgehead atoms. The van der Waals surface area contributed by atoms with Gasteiger partial charge in [0, 0.05) is 6.54 Å². The molecule has 0 saturated carbocycles. The first-order chi connectivity index (χ1) is 16.0. The van der Waals surface area contributed by atoms with Gasteiger partial charge in [-0.25, -0.2) is 20.0 Å². The predicted molar refractivity (Wildman–Crippen MR) is 122 cm³/mol. The fraction of sp³-hybridized carbons (Fsp3) is 0.346. The second-order valence-electron chi connectivity index (χ2n) is 8.08. The van der Waals surface area contributed by atoms with E-state index in [4.69, 9.17) is 9.47 Å². The number of nitrogens with one attached hydrogen (secondary N) is 1. The fourth-order valence-corrected chi connectivity index (χ4v) is 4.94. The Hall–Kier alpha value is -3.29. The number of hydrogen-bond acceptors (Lipinski definition) is 7. The summed E-state index contributed by atoms with van der Waals surface area (Å²) < 4.78 is 10.8. The molecule has 4 rings (SSSR count). The highest BCUT2D eigenvalue weighted by molar-refractivity contribution is 6.21. The number of Topliss-reactive ketones (excluding diaryl/α,β-unsaturated/α-hetero) is 1. The van der Waals surface area contributed by atoms with Gasteiger partial charge in [-0.15, -0.1) is 0 Å². The van der Waals surface area contributed by atoms with Crippen LogP contribution in [0.4, 0.5) is 0 Å². The number of carbonyl (C=O) groups is 3. The molecule has 7 nitrogen and oxygen atoms in total. The highest BCUT2D eigenvalue weighted by atomic mass is 16.5. The number of hydrazine groups is 1. The highest BCUT2D eigenvalue weighted by Gasteiger charge is 2.73. The zero-order valence-electron chi connectivity index (χ0n) is 18.8. The van der Waals surface area contributed by atoms with Gasteiger partial charge < -0.3 is 9.47 Å². The Labute approximate surface area is 193 Å². The molecule has 2 heterocycles. The van der Waals surface area contributed by atoms with Gasteiger partial charge in [0.15, 0.2) is 11.8 Å². The van der Waals surface area contributed by atoms with Crippen LogP contribution in [0.3, 0.4) is 0 Å². The first kappa shape index (κ1) is 22.9. The van der Waals surface area contributed by atoms with Gasteiger partial charge in [-0.1, -0.05) is 79.7 Å². The fourth-order valence-electron chi connectivity index (χ4n) is 4.94. The molecule has 172 valence electrons. The normalized spacial score (nSPS) is 23.7. The minimum atomic E-state index is -1.84. The number of hydrogen-bond donors (Lipinski definition) is 1. The number of carbonyl (C=O) groups excluding carboxylic acids is 3. The molecule has 2 atom stereocenters. The summed E-state index contributed by atoms with van der Waals surface area (Å²) in [6, 6.07) is 17.5. The van der Waals surface area contributed by atoms with Crippen LogP contribution in [0.1, 0.15) is 31.4 Å². The molecule has 0 amide bonds. The second kappa shape index (κ2) is 9.29. The van der Waals surface area contributed by atoms with E-state index in [1.165, 1.54) is 0 Å². The summed E-state index contributed by atoms with van der Waals surface area (Å²) >= 11 is 0. The monoisotopic (exact) mass is 448 g/mol. The zero-order valence-corrected chi connectivity index (χ0v) is 18.8. The Kier molecular flexibility index (Phi) is 6.44. The van der Waals surface area contributed by atoms with E-state index in [2.05, 4.69) is 5.43 Å². The van der Waals surface area contributed by atoms with Crippen LogP contribution in [0.25, 0.3) is 0 Å². The first-order valence-corrected chi connectivity index (χ1v) is 11.2. The molecule has 2 aromatic carbocycles. The van der Waals surface area contributed by atoms with Crippen molar-refractivity contribution in [2.45, 2.75) is 37.3 Å². The van der Waals surface area contributed by atoms with E-state index in [1.54, 1.807) is 11.9 Å². The molecule has 1 fully saturated rings. The van der Waals surface area contributed by atoms with E-state index in [0.29, 0.717) is 6.42 Å². The van der Waals surface area contributed by atoms with Crippen molar-refractivity contribution in [1.29, 1.82) is 0 Å². The predicted octanol–water partition coefficient (Wildman–Crippen LogP) is 2.56. The number of esters is 2. The topological polar surface area (TPSA) is 84.9 Å². The second-order valence-corrected chi connectivity index (χ2v) is 8.08. The standard InChI is InChI=1S/C26H28N2O5/c1-3-18-33-23(30)21-22(29)26(24(31)32-4-2)25(16-11-17-28(26)27-21,19-12-7-5-8-13-19)20-14-9-6-10-15-20/h5-16,21,27H,3-4,17-18H2,1-2H3. The zero-order chi connectivity index (χ0) is 23.5. The van der Waals surface area contributed by atoms with Crippen molar-refractivity contribution in [3.63, 3.8) is 0 Å². The Morgan fingerprint density at radius 2 is 1.61 bits per heavy atom. The average molecular weight is 449 g/mol. The van der Waals surface area contributed by atoms with Crippen molar-refractivity contribution >= 4 is 17.7 Å². The van der Waals surface area contributed by atoms with Crippen LogP contribution in [0.2, 0.25) is 0 Å². The molecular weight excluding hydrogens is 420 g/mol. The smallest absolute Gasteiger partial charge is 0.337 e. The number of ketones is 1. The van der Waals surface area contributed by atoms with Gasteiger partial charge in [0.2, 0.25) is 5.54 Å². The van der Waals surface area contributed by atoms with Crippen LogP contribution in [-0.2, 0) is 29.3 Å². The lowest BCUT2D eigenvalue weighted by Crippen LogP contribution is -2.70. The summed E-state index contributed by atoms with van der Waals surface area (Å²) in [5.41, 5.74) is 1.39. The van der Waals surface area contributed by atoms with Gasteiger partial charge in [-0.05, 0) is 24.5 Å². The summed E-state index contributed by atoms with van der Waals surface area (Å²) in [5.74, 6) is -1.99. The molecule has 33 heavy (non-hydrogen) atoms. The molecule has 2 aromatic rings. The van der Waals surface area contributed by atoms with Gasteiger partial charge >= 0.3 is 11.9 Å². The maximum absolute atomic E-state index is 14.2. The maximum atomic E-state index is 14.2. The summed E-state index contributed by atoms with van der Waals surface area (Å²) in [5, 5.41) is 1.55. The molecule has 2 aliphatic heterocycles. The lowest BCUT2D eigenvalue weighted by atomic mass is 9.57. The Morgan fingerprint density at radius 1 is 1.00 bits per heavy atom. The van der Waals surface area contributed by atoms with E-state index < -0.39 is 34.7 Å². The Morgan fingerprint density at radius 3 is 2.15 bits per heavy atom. The third kappa shape index (κ3) is 3.39. The molecule has 2 unspecified atom stereocenters. The van der Waals surface area contributed by atoms with Crippen LogP contribution in [0.5, 0.6) is 0 Å². The van der Waals surface area contributed by atoms with Crippen LogP contribution in [-0.4, -0.2) is 54.1 Å². The van der Waals surface area contributed by atoms with Crippen LogP contribution >= 0.6 is 0 Å². The van der Waals surface area contributed by atoms with E-state index in [-0.39, 0.29) is 19.8 Å². The van der Waals surface area contributed by atoms with Crippen molar-refractivity contribution in [2.75, 3.05) is 19.8 Å². The number of fused-ring (bicyclic) bond motifs is 1. The number of rotatable bonds is 7. The minimum absolute atomic E-state index is 0.0933. The molecule has 1 saturated heterocycles. The van der Waals surface area contributed by atoms with Crippen LogP contribution < -0.4 is 5.43 Å². The van der Waals surface area contributed by atoms with Crippen LogP contribution in [0, 0.1) is 0 Å². The molecule has 0 aliphatic carbocycles. The van der Waals surface area contributed by atoms with E-state index in [1.807, 2.05) is 79.7 Å². The molecule has 0 spiro atoms. The quantitative estimate of drug-likeness (QED) is 0.396. The van der Waals surface area contributed by atoms with Crippen molar-refractivity contribution in [1.82, 2.24) is 10.4 Å². The molecule has 1 N–H and O–H groups in total. The first-order valence-electron chi connectivity index (χ1n) is 11.2. The highest BCUT2D eigenvalue weighted by Crippen LogP contribution is 2.51. The summed E-state index contributed by atoms with van der Waals surface area (Å²) in [6.45, 7) is 4.10. The Bertz CT molecular complexity index is 1010. The van der Waals surface area contributed by atoms with Crippen molar-refractivity contribution in [3.05, 3.63) is 83.9 Å².